The van der Waals surface area contributed by atoms with Gasteiger partial charge in [0.05, 0.1) is 14.2 Å². The molecule has 1 N–H and O–H groups in total. The van der Waals surface area contributed by atoms with Gasteiger partial charge in [0.25, 0.3) is 5.91 Å². The van der Waals surface area contributed by atoms with Gasteiger partial charge in [-0.05, 0) is 72.5 Å². The van der Waals surface area contributed by atoms with Gasteiger partial charge in [0.1, 0.15) is 17.2 Å². The highest BCUT2D eigenvalue weighted by molar-refractivity contribution is 6.14. The topological polar surface area (TPSA) is 77.5 Å². The van der Waals surface area contributed by atoms with E-state index in [0.717, 1.165) is 16.9 Å². The molecule has 1 amide bonds. The zero-order valence-electron chi connectivity index (χ0n) is 19.2. The second-order valence-corrected chi connectivity index (χ2v) is 8.01. The second-order valence-electron chi connectivity index (χ2n) is 8.01. The molecule has 1 heterocycles. The molecule has 1 saturated carbocycles. The highest BCUT2D eigenvalue weighted by atomic mass is 16.5. The molecule has 0 bridgehead atoms. The molecule has 1 atom stereocenters. The van der Waals surface area contributed by atoms with Crippen LogP contribution in [0.3, 0.4) is 0 Å². The zero-order valence-corrected chi connectivity index (χ0v) is 19.2. The molecule has 0 spiro atoms. The summed E-state index contributed by atoms with van der Waals surface area (Å²) in [5, 5.41) is 3.05. The number of methoxy groups -OCH3 is 2. The standard InChI is InChI=1S/C28H26N2O4/c1-33-24-11-9-19(10-12-24)14-21-17-23(30-28(32)26-8-3-4-13-29-26)18-22(27(21)31)15-20-6-5-7-25(16-20)34-2/h3-16,23H,17-18H2,1-2H3,(H,30,32)/b21-14+,22-15+. The van der Waals surface area contributed by atoms with Crippen molar-refractivity contribution in [3.05, 3.63) is 101 Å². The maximum absolute atomic E-state index is 13.4. The number of ether oxygens (including phenoxy) is 2. The van der Waals surface area contributed by atoms with Crippen molar-refractivity contribution in [1.29, 1.82) is 0 Å². The summed E-state index contributed by atoms with van der Waals surface area (Å²) in [7, 11) is 3.22. The lowest BCUT2D eigenvalue weighted by atomic mass is 9.83. The van der Waals surface area contributed by atoms with Crippen molar-refractivity contribution in [3.63, 3.8) is 0 Å². The number of amides is 1. The van der Waals surface area contributed by atoms with Crippen molar-refractivity contribution in [1.82, 2.24) is 10.3 Å². The molecule has 6 heteroatoms. The first-order valence-corrected chi connectivity index (χ1v) is 11.0. The van der Waals surface area contributed by atoms with Crippen LogP contribution in [0.25, 0.3) is 12.2 Å². The maximum atomic E-state index is 13.4. The highest BCUT2D eigenvalue weighted by Crippen LogP contribution is 2.30. The van der Waals surface area contributed by atoms with Crippen LogP contribution in [-0.4, -0.2) is 36.9 Å². The number of pyridine rings is 1. The van der Waals surface area contributed by atoms with Crippen LogP contribution in [0.15, 0.2) is 84.1 Å². The monoisotopic (exact) mass is 454 g/mol. The van der Waals surface area contributed by atoms with Gasteiger partial charge < -0.3 is 14.8 Å². The van der Waals surface area contributed by atoms with Crippen molar-refractivity contribution in [3.8, 4) is 11.5 Å². The number of hydrogen-bond donors (Lipinski definition) is 1. The van der Waals surface area contributed by atoms with Gasteiger partial charge in [-0.2, -0.15) is 0 Å². The Hall–Kier alpha value is -4.19. The van der Waals surface area contributed by atoms with Crippen LogP contribution < -0.4 is 14.8 Å². The Kier molecular flexibility index (Phi) is 7.18. The number of carbonyl (C=O) groups excluding carboxylic acids is 2. The molecule has 1 fully saturated rings. The summed E-state index contributed by atoms with van der Waals surface area (Å²) < 4.78 is 10.5. The van der Waals surface area contributed by atoms with E-state index < -0.39 is 0 Å². The molecular weight excluding hydrogens is 428 g/mol. The third kappa shape index (κ3) is 5.59. The number of carbonyl (C=O) groups is 2. The van der Waals surface area contributed by atoms with E-state index in [0.29, 0.717) is 35.4 Å². The highest BCUT2D eigenvalue weighted by Gasteiger charge is 2.29. The first-order chi connectivity index (χ1) is 16.6. The second kappa shape index (κ2) is 10.6. The Labute approximate surface area is 198 Å². The molecule has 1 aliphatic carbocycles. The van der Waals surface area contributed by atoms with Gasteiger partial charge in [0, 0.05) is 23.4 Å². The number of nitrogens with one attached hydrogen (secondary N) is 1. The molecule has 1 aliphatic rings. The van der Waals surface area contributed by atoms with Crippen molar-refractivity contribution in [2.75, 3.05) is 14.2 Å². The lowest BCUT2D eigenvalue weighted by molar-refractivity contribution is -0.113. The summed E-state index contributed by atoms with van der Waals surface area (Å²) in [5.41, 5.74) is 3.37. The van der Waals surface area contributed by atoms with E-state index in [1.54, 1.807) is 38.6 Å². The minimum Gasteiger partial charge on any atom is -0.497 e. The Balaban J connectivity index is 1.65. The van der Waals surface area contributed by atoms with Crippen LogP contribution in [0.5, 0.6) is 11.5 Å². The van der Waals surface area contributed by atoms with Gasteiger partial charge in [-0.25, -0.2) is 0 Å². The Bertz CT molecular complexity index is 1230. The third-order valence-corrected chi connectivity index (χ3v) is 5.64. The van der Waals surface area contributed by atoms with Gasteiger partial charge in [0.2, 0.25) is 0 Å². The molecule has 0 saturated heterocycles. The molecule has 2 aromatic carbocycles. The predicted molar refractivity (Wildman–Crippen MR) is 132 cm³/mol. The Morgan fingerprint density at radius 1 is 0.882 bits per heavy atom. The first kappa shape index (κ1) is 23.0. The van der Waals surface area contributed by atoms with E-state index in [2.05, 4.69) is 10.3 Å². The minimum atomic E-state index is -0.260. The van der Waals surface area contributed by atoms with Gasteiger partial charge in [0.15, 0.2) is 5.78 Å². The van der Waals surface area contributed by atoms with E-state index in [1.165, 1.54) is 0 Å². The molecule has 4 rings (SSSR count). The molecule has 6 nitrogen and oxygen atoms in total. The quantitative estimate of drug-likeness (QED) is 0.545. The van der Waals surface area contributed by atoms with E-state index in [-0.39, 0.29) is 17.7 Å². The summed E-state index contributed by atoms with van der Waals surface area (Å²) >= 11 is 0. The van der Waals surface area contributed by atoms with Crippen LogP contribution in [0.4, 0.5) is 0 Å². The van der Waals surface area contributed by atoms with Crippen molar-refractivity contribution >= 4 is 23.8 Å². The normalized spacial score (nSPS) is 18.1. The van der Waals surface area contributed by atoms with Crippen LogP contribution in [0, 0.1) is 0 Å². The summed E-state index contributed by atoms with van der Waals surface area (Å²) in [6.45, 7) is 0. The van der Waals surface area contributed by atoms with Crippen molar-refractivity contribution in [2.45, 2.75) is 18.9 Å². The summed E-state index contributed by atoms with van der Waals surface area (Å²) in [5.74, 6) is 1.18. The van der Waals surface area contributed by atoms with Gasteiger partial charge in [-0.15, -0.1) is 0 Å². The lowest BCUT2D eigenvalue weighted by Crippen LogP contribution is -2.39. The molecule has 172 valence electrons. The molecule has 1 unspecified atom stereocenters. The average Bonchev–Trinajstić information content (AvgIpc) is 2.88. The molecular formula is C28H26N2O4. The fourth-order valence-electron chi connectivity index (χ4n) is 3.94. The first-order valence-electron chi connectivity index (χ1n) is 11.0. The number of benzene rings is 2. The van der Waals surface area contributed by atoms with E-state index in [4.69, 9.17) is 9.47 Å². The van der Waals surface area contributed by atoms with Crippen LogP contribution in [0.1, 0.15) is 34.5 Å². The van der Waals surface area contributed by atoms with E-state index >= 15 is 0 Å². The van der Waals surface area contributed by atoms with E-state index in [1.807, 2.05) is 60.7 Å². The van der Waals surface area contributed by atoms with Gasteiger partial charge >= 0.3 is 0 Å². The van der Waals surface area contributed by atoms with Crippen molar-refractivity contribution < 1.29 is 19.1 Å². The minimum absolute atomic E-state index is 0.0260. The van der Waals surface area contributed by atoms with Crippen LogP contribution >= 0.6 is 0 Å². The average molecular weight is 455 g/mol. The summed E-state index contributed by atoms with van der Waals surface area (Å²) in [6, 6.07) is 20.0. The predicted octanol–water partition coefficient (Wildman–Crippen LogP) is 4.73. The Morgan fingerprint density at radius 3 is 2.24 bits per heavy atom. The number of nitrogens with zero attached hydrogens (tertiary/aromatic N) is 1. The maximum Gasteiger partial charge on any atom is 0.270 e. The third-order valence-electron chi connectivity index (χ3n) is 5.64. The molecule has 0 aliphatic heterocycles. The van der Waals surface area contributed by atoms with Gasteiger partial charge in [-0.3, -0.25) is 14.6 Å². The fourth-order valence-corrected chi connectivity index (χ4v) is 3.94. The number of ketones is 1. The lowest BCUT2D eigenvalue weighted by Gasteiger charge is -2.26. The van der Waals surface area contributed by atoms with E-state index in [9.17, 15) is 9.59 Å². The number of Topliss-reactive ketones (excluding diaryl/α,β-unsaturated/α-hetero) is 1. The molecule has 34 heavy (non-hydrogen) atoms. The zero-order chi connectivity index (χ0) is 23.9. The summed E-state index contributed by atoms with van der Waals surface area (Å²) in [4.78, 5) is 30.3. The fraction of sp³-hybridized carbons (Fsp3) is 0.179. The van der Waals surface area contributed by atoms with Crippen molar-refractivity contribution in [2.24, 2.45) is 0 Å². The largest absolute Gasteiger partial charge is 0.497 e. The number of hydrogen-bond acceptors (Lipinski definition) is 5. The molecule has 0 radical (unpaired) electrons. The molecule has 3 aromatic rings. The van der Waals surface area contributed by atoms with Crippen LogP contribution in [0.2, 0.25) is 0 Å². The number of aromatic nitrogens is 1. The Morgan fingerprint density at radius 2 is 1.59 bits per heavy atom. The van der Waals surface area contributed by atoms with Crippen LogP contribution in [-0.2, 0) is 4.79 Å². The number of rotatable bonds is 6. The summed E-state index contributed by atoms with van der Waals surface area (Å²) in [6.07, 6.45) is 6.18. The smallest absolute Gasteiger partial charge is 0.270 e. The van der Waals surface area contributed by atoms with Gasteiger partial charge in [-0.1, -0.05) is 30.3 Å². The molecule has 1 aromatic heterocycles. The SMILES string of the molecule is COc1ccc(/C=C2\CC(NC(=O)c3ccccn3)C/C(=C\c3cccc(OC)c3)C2=O)cc1.